The van der Waals surface area contributed by atoms with Crippen LogP contribution in [0, 0.1) is 17.1 Å². The molecule has 2 aliphatic rings. The number of cyclic esters (lactones) is 1. The van der Waals surface area contributed by atoms with Crippen LogP contribution in [0.15, 0.2) is 42.1 Å². The van der Waals surface area contributed by atoms with Gasteiger partial charge in [0.2, 0.25) is 11.8 Å². The van der Waals surface area contributed by atoms with E-state index in [1.165, 1.54) is 24.0 Å². The Morgan fingerprint density at radius 1 is 1.36 bits per heavy atom. The van der Waals surface area contributed by atoms with Crippen LogP contribution in [-0.2, 0) is 14.3 Å². The second-order valence-corrected chi connectivity index (χ2v) is 7.81. The van der Waals surface area contributed by atoms with Crippen molar-refractivity contribution < 1.29 is 23.5 Å². The number of amides is 3. The minimum atomic E-state index is -0.590. The second kappa shape index (κ2) is 10.6. The van der Waals surface area contributed by atoms with Crippen molar-refractivity contribution in [1.82, 2.24) is 10.6 Å². The highest BCUT2D eigenvalue weighted by molar-refractivity contribution is 5.90. The fourth-order valence-electron chi connectivity index (χ4n) is 3.80. The molecule has 0 aromatic heterocycles. The molecule has 3 rings (SSSR count). The first-order chi connectivity index (χ1) is 15.8. The van der Waals surface area contributed by atoms with Gasteiger partial charge in [0.25, 0.3) is 0 Å². The van der Waals surface area contributed by atoms with Gasteiger partial charge in [0.1, 0.15) is 23.7 Å². The van der Waals surface area contributed by atoms with Gasteiger partial charge >= 0.3 is 6.09 Å². The molecule has 9 nitrogen and oxygen atoms in total. The maximum Gasteiger partial charge on any atom is 0.414 e. The second-order valence-electron chi connectivity index (χ2n) is 7.81. The third-order valence-electron chi connectivity index (χ3n) is 5.46. The molecule has 0 aliphatic carbocycles. The number of allylic oxidation sites excluding steroid dienone is 1. The lowest BCUT2D eigenvalue weighted by Crippen LogP contribution is -2.34. The Bertz CT molecular complexity index is 1020. The van der Waals surface area contributed by atoms with Crippen LogP contribution in [0.4, 0.5) is 20.6 Å². The smallest absolute Gasteiger partial charge is 0.414 e. The van der Waals surface area contributed by atoms with Gasteiger partial charge in [-0.2, -0.15) is 5.26 Å². The van der Waals surface area contributed by atoms with E-state index in [0.29, 0.717) is 37.3 Å². The van der Waals surface area contributed by atoms with Crippen molar-refractivity contribution in [3.8, 4) is 6.07 Å². The summed E-state index contributed by atoms with van der Waals surface area (Å²) in [6, 6.07) is 6.60. The molecule has 3 amide bonds. The number of nitrogens with one attached hydrogen (secondary N) is 2. The summed E-state index contributed by atoms with van der Waals surface area (Å²) in [4.78, 5) is 38.2. The first kappa shape index (κ1) is 23.8. The van der Waals surface area contributed by atoms with Crippen LogP contribution >= 0.6 is 0 Å². The average Bonchev–Trinajstić information content (AvgIpc) is 3.17. The molecule has 0 radical (unpaired) electrons. The number of anilines is 2. The number of halogens is 1. The van der Waals surface area contributed by atoms with E-state index in [4.69, 9.17) is 4.74 Å². The standard InChI is InChI=1S/C23H26FN5O4/c1-3-4-22(31)27-20(12-25)16-7-9-28(10-8-16)21-6-5-17(11-19(21)24)29-14-18(33-23(29)32)13-26-15(2)30/h3,5-6,11,18H,1,4,7-10,13-14H2,2H3,(H,26,30)(H,27,31)/t18-/m0/s1. The molecular formula is C23H26FN5O4. The topological polar surface area (TPSA) is 115 Å². The minimum absolute atomic E-state index is 0.126. The lowest BCUT2D eigenvalue weighted by atomic mass is 10.0. The third kappa shape index (κ3) is 5.88. The summed E-state index contributed by atoms with van der Waals surface area (Å²) in [6.07, 6.45) is 1.53. The SMILES string of the molecule is C=CCC(=O)NC(C#N)=C1CCN(c2ccc(N3C[C@H](CNC(C)=O)OC3=O)cc2F)CC1. The fourth-order valence-corrected chi connectivity index (χ4v) is 3.80. The van der Waals surface area contributed by atoms with Crippen LogP contribution in [0.5, 0.6) is 0 Å². The van der Waals surface area contributed by atoms with E-state index < -0.39 is 18.0 Å². The molecule has 33 heavy (non-hydrogen) atoms. The Hall–Kier alpha value is -3.87. The molecule has 0 unspecified atom stereocenters. The van der Waals surface area contributed by atoms with Crippen LogP contribution in [0.25, 0.3) is 0 Å². The molecule has 1 atom stereocenters. The monoisotopic (exact) mass is 455 g/mol. The Morgan fingerprint density at radius 3 is 2.70 bits per heavy atom. The number of nitrogens with zero attached hydrogens (tertiary/aromatic N) is 3. The number of nitriles is 1. The van der Waals surface area contributed by atoms with Gasteiger partial charge in [-0.15, -0.1) is 6.58 Å². The molecule has 2 saturated heterocycles. The quantitative estimate of drug-likeness (QED) is 0.482. The summed E-state index contributed by atoms with van der Waals surface area (Å²) in [7, 11) is 0. The molecular weight excluding hydrogens is 429 g/mol. The Balaban J connectivity index is 1.64. The summed E-state index contributed by atoms with van der Waals surface area (Å²) in [6.45, 7) is 6.26. The molecule has 2 N–H and O–H groups in total. The third-order valence-corrected chi connectivity index (χ3v) is 5.46. The van der Waals surface area contributed by atoms with Crippen molar-refractivity contribution in [2.24, 2.45) is 0 Å². The van der Waals surface area contributed by atoms with Gasteiger partial charge in [0.05, 0.1) is 24.5 Å². The zero-order valence-electron chi connectivity index (χ0n) is 18.4. The van der Waals surface area contributed by atoms with Crippen LogP contribution in [0.3, 0.4) is 0 Å². The minimum Gasteiger partial charge on any atom is -0.442 e. The highest BCUT2D eigenvalue weighted by atomic mass is 19.1. The Labute approximate surface area is 191 Å². The maximum atomic E-state index is 14.9. The summed E-state index contributed by atoms with van der Waals surface area (Å²) >= 11 is 0. The molecule has 2 heterocycles. The van der Waals surface area contributed by atoms with Gasteiger partial charge in [-0.05, 0) is 36.6 Å². The summed E-state index contributed by atoms with van der Waals surface area (Å²) < 4.78 is 20.2. The number of carbonyl (C=O) groups is 3. The number of carbonyl (C=O) groups excluding carboxylic acids is 3. The van der Waals surface area contributed by atoms with E-state index in [2.05, 4.69) is 17.2 Å². The Kier molecular flexibility index (Phi) is 7.66. The van der Waals surface area contributed by atoms with E-state index in [1.54, 1.807) is 12.1 Å². The van der Waals surface area contributed by atoms with Crippen LogP contribution in [0.2, 0.25) is 0 Å². The van der Waals surface area contributed by atoms with Gasteiger partial charge in [-0.1, -0.05) is 6.08 Å². The van der Waals surface area contributed by atoms with E-state index in [0.717, 1.165) is 5.57 Å². The number of ether oxygens (including phenoxy) is 1. The molecule has 1 aromatic carbocycles. The summed E-state index contributed by atoms with van der Waals surface area (Å²) in [5, 5.41) is 14.6. The number of rotatable bonds is 7. The lowest BCUT2D eigenvalue weighted by molar-refractivity contribution is -0.120. The predicted octanol–water partition coefficient (Wildman–Crippen LogP) is 2.36. The van der Waals surface area contributed by atoms with Gasteiger partial charge in [0, 0.05) is 26.4 Å². The van der Waals surface area contributed by atoms with Gasteiger partial charge in [-0.25, -0.2) is 9.18 Å². The number of hydrogen-bond acceptors (Lipinski definition) is 6. The van der Waals surface area contributed by atoms with Crippen molar-refractivity contribution >= 4 is 29.3 Å². The Morgan fingerprint density at radius 2 is 2.09 bits per heavy atom. The molecule has 1 aromatic rings. The average molecular weight is 455 g/mol. The van der Waals surface area contributed by atoms with Crippen molar-refractivity contribution in [3.05, 3.63) is 47.9 Å². The van der Waals surface area contributed by atoms with Crippen molar-refractivity contribution in [2.45, 2.75) is 32.3 Å². The number of benzene rings is 1. The van der Waals surface area contributed by atoms with Gasteiger partial charge in [-0.3, -0.25) is 14.5 Å². The molecule has 0 spiro atoms. The summed E-state index contributed by atoms with van der Waals surface area (Å²) in [5.41, 5.74) is 1.85. The maximum absolute atomic E-state index is 14.9. The molecule has 174 valence electrons. The molecule has 2 aliphatic heterocycles. The fraction of sp³-hybridized carbons (Fsp3) is 0.391. The molecule has 2 fully saturated rings. The first-order valence-corrected chi connectivity index (χ1v) is 10.6. The van der Waals surface area contributed by atoms with Crippen molar-refractivity contribution in [3.63, 3.8) is 0 Å². The van der Waals surface area contributed by atoms with Crippen molar-refractivity contribution in [1.29, 1.82) is 5.26 Å². The van der Waals surface area contributed by atoms with E-state index in [-0.39, 0.29) is 37.0 Å². The van der Waals surface area contributed by atoms with Crippen LogP contribution in [-0.4, -0.2) is 50.2 Å². The largest absolute Gasteiger partial charge is 0.442 e. The number of piperidine rings is 1. The van der Waals surface area contributed by atoms with E-state index in [9.17, 15) is 24.0 Å². The highest BCUT2D eigenvalue weighted by Gasteiger charge is 2.33. The van der Waals surface area contributed by atoms with Crippen LogP contribution < -0.4 is 20.4 Å². The normalized spacial score (nSPS) is 17.8. The summed E-state index contributed by atoms with van der Waals surface area (Å²) in [5.74, 6) is -0.990. The molecule has 10 heteroatoms. The zero-order valence-corrected chi connectivity index (χ0v) is 18.4. The predicted molar refractivity (Wildman–Crippen MR) is 120 cm³/mol. The van der Waals surface area contributed by atoms with Gasteiger partial charge < -0.3 is 20.3 Å². The lowest BCUT2D eigenvalue weighted by Gasteiger charge is -2.31. The highest BCUT2D eigenvalue weighted by Crippen LogP contribution is 2.30. The van der Waals surface area contributed by atoms with Gasteiger partial charge in [0.15, 0.2) is 0 Å². The van der Waals surface area contributed by atoms with E-state index in [1.807, 2.05) is 11.0 Å². The molecule has 0 saturated carbocycles. The molecule has 0 bridgehead atoms. The zero-order chi connectivity index (χ0) is 24.0. The number of hydrogen-bond donors (Lipinski definition) is 2. The first-order valence-electron chi connectivity index (χ1n) is 10.6. The van der Waals surface area contributed by atoms with Crippen LogP contribution in [0.1, 0.15) is 26.2 Å². The van der Waals surface area contributed by atoms with Crippen molar-refractivity contribution in [2.75, 3.05) is 36.0 Å². The van der Waals surface area contributed by atoms with E-state index >= 15 is 0 Å².